The van der Waals surface area contributed by atoms with Gasteiger partial charge in [0.1, 0.15) is 41.4 Å². The fraction of sp³-hybridized carbons (Fsp3) is 0.273. The Balaban J connectivity index is 1.60. The fourth-order valence-electron chi connectivity index (χ4n) is 3.81. The lowest BCUT2D eigenvalue weighted by molar-refractivity contribution is -0.277. The van der Waals surface area contributed by atoms with Crippen LogP contribution < -0.4 is 10.2 Å². The van der Waals surface area contributed by atoms with Gasteiger partial charge in [-0.2, -0.15) is 0 Å². The topological polar surface area (TPSA) is 142 Å². The van der Waals surface area contributed by atoms with Gasteiger partial charge in [-0.15, -0.1) is 0 Å². The molecule has 0 radical (unpaired) electrons. The summed E-state index contributed by atoms with van der Waals surface area (Å²) in [5.74, 6) is 0.454. The molecule has 5 rings (SSSR count). The molecule has 2 heterocycles. The molecule has 0 aromatic heterocycles. The molecule has 2 aromatic rings. The number of ether oxygens (including phenoxy) is 2. The summed E-state index contributed by atoms with van der Waals surface area (Å²) in [5.41, 5.74) is 0.983. The summed E-state index contributed by atoms with van der Waals surface area (Å²) in [6.07, 6.45) is -7.10. The first-order valence-corrected chi connectivity index (χ1v) is 10.2. The first-order valence-electron chi connectivity index (χ1n) is 9.80. The third kappa shape index (κ3) is 3.39. The second-order valence-corrected chi connectivity index (χ2v) is 7.95. The highest BCUT2D eigenvalue weighted by atomic mass is 35.5. The minimum Gasteiger partial charge on any atom is -0.462 e. The van der Waals surface area contributed by atoms with E-state index >= 15 is 0 Å². The van der Waals surface area contributed by atoms with Crippen molar-refractivity contribution >= 4 is 33.5 Å². The van der Waals surface area contributed by atoms with Gasteiger partial charge < -0.3 is 34.3 Å². The van der Waals surface area contributed by atoms with E-state index in [1.54, 1.807) is 30.3 Å². The maximum absolute atomic E-state index is 12.6. The van der Waals surface area contributed by atoms with Crippen LogP contribution in [0.3, 0.4) is 0 Å². The Kier molecular flexibility index (Phi) is 5.25. The average Bonchev–Trinajstić information content (AvgIpc) is 2.79. The van der Waals surface area contributed by atoms with Crippen molar-refractivity contribution in [2.45, 2.75) is 30.7 Å². The van der Waals surface area contributed by atoms with Gasteiger partial charge in [0, 0.05) is 16.8 Å². The van der Waals surface area contributed by atoms with E-state index in [1.165, 1.54) is 12.1 Å². The third-order valence-corrected chi connectivity index (χ3v) is 5.80. The lowest BCUT2D eigenvalue weighted by Crippen LogP contribution is -2.60. The molecule has 1 fully saturated rings. The minimum atomic E-state index is -1.57. The van der Waals surface area contributed by atoms with Crippen LogP contribution in [0.5, 0.6) is 5.75 Å². The second-order valence-electron chi connectivity index (χ2n) is 7.55. The van der Waals surface area contributed by atoms with Crippen LogP contribution in [0, 0.1) is 0 Å². The number of benzene rings is 3. The van der Waals surface area contributed by atoms with E-state index in [-0.39, 0.29) is 16.9 Å². The van der Waals surface area contributed by atoms with Crippen LogP contribution in [0.1, 0.15) is 0 Å². The monoisotopic (exact) mass is 459 g/mol. The molecule has 3 aliphatic rings. The van der Waals surface area contributed by atoms with Crippen molar-refractivity contribution in [3.63, 3.8) is 0 Å². The van der Waals surface area contributed by atoms with E-state index in [9.17, 15) is 25.2 Å². The van der Waals surface area contributed by atoms with Crippen molar-refractivity contribution in [2.24, 2.45) is 0 Å². The molecule has 5 atom stereocenters. The number of aliphatic hydroxyl groups is 4. The maximum Gasteiger partial charge on any atom is 0.229 e. The van der Waals surface area contributed by atoms with Crippen molar-refractivity contribution in [2.75, 3.05) is 6.61 Å². The number of rotatable bonds is 3. The summed E-state index contributed by atoms with van der Waals surface area (Å²) in [6.45, 7) is -0.576. The van der Waals surface area contributed by atoms with Gasteiger partial charge in [-0.3, -0.25) is 4.79 Å². The second kappa shape index (κ2) is 7.96. The number of halogens is 1. The highest BCUT2D eigenvalue weighted by Crippen LogP contribution is 2.34. The molecule has 166 valence electrons. The molecule has 1 aliphatic carbocycles. The number of aliphatic hydroxyl groups excluding tert-OH is 4. The first kappa shape index (κ1) is 21.1. The van der Waals surface area contributed by atoms with Crippen molar-refractivity contribution in [1.82, 2.24) is 4.98 Å². The largest absolute Gasteiger partial charge is 0.462 e. The molecular formula is C22H18ClNO8. The van der Waals surface area contributed by atoms with Crippen molar-refractivity contribution in [3.8, 4) is 17.2 Å². The van der Waals surface area contributed by atoms with Crippen molar-refractivity contribution in [1.29, 1.82) is 0 Å². The van der Waals surface area contributed by atoms with E-state index in [2.05, 4.69) is 4.98 Å². The molecule has 32 heavy (non-hydrogen) atoms. The molecule has 4 N–H and O–H groups in total. The molecular weight excluding hydrogens is 442 g/mol. The van der Waals surface area contributed by atoms with Gasteiger partial charge in [-0.1, -0.05) is 17.7 Å². The standard InChI is InChI=1S/C22H18ClNO8/c23-12-2-1-3-13-21(12)31-15-7-14(26)10-5-4-9(6-11(10)17(15)24-13)30-22-20(29)19(28)18(27)16(8-25)32-22/h1-7,16,18-20,22,25,27-29H,8H2/t16-,18-,19+,20-,22-/m1/s1. The molecule has 0 spiro atoms. The lowest BCUT2D eigenvalue weighted by Gasteiger charge is -2.39. The van der Waals surface area contributed by atoms with E-state index in [0.29, 0.717) is 32.6 Å². The molecule has 0 unspecified atom stereocenters. The van der Waals surface area contributed by atoms with E-state index in [1.807, 2.05) is 0 Å². The SMILES string of the molecule is O=c1cc2oc3c(Cl)cccc3nc-2c2cc(O[C@@H]3O[C@H](CO)[C@@H](O)[C@H](O)[C@H]3O)ccc12. The Bertz CT molecular complexity index is 1340. The van der Waals surface area contributed by atoms with Crippen LogP contribution in [0.2, 0.25) is 5.02 Å². The summed E-state index contributed by atoms with van der Waals surface area (Å²) in [6, 6.07) is 11.1. The summed E-state index contributed by atoms with van der Waals surface area (Å²) in [5, 5.41) is 40.7. The summed E-state index contributed by atoms with van der Waals surface area (Å²) in [7, 11) is 0. The highest BCUT2D eigenvalue weighted by molar-refractivity contribution is 6.34. The van der Waals surface area contributed by atoms with Gasteiger partial charge in [0.15, 0.2) is 16.8 Å². The molecule has 0 saturated carbocycles. The van der Waals surface area contributed by atoms with Crippen LogP contribution in [0.4, 0.5) is 0 Å². The predicted molar refractivity (Wildman–Crippen MR) is 114 cm³/mol. The van der Waals surface area contributed by atoms with E-state index < -0.39 is 37.3 Å². The number of para-hydroxylation sites is 1. The molecule has 10 heteroatoms. The summed E-state index contributed by atoms with van der Waals surface area (Å²) < 4.78 is 16.9. The maximum atomic E-state index is 12.6. The Morgan fingerprint density at radius 3 is 2.62 bits per heavy atom. The van der Waals surface area contributed by atoms with Crippen LogP contribution in [0.15, 0.2) is 51.7 Å². The Labute approximate surface area is 185 Å². The van der Waals surface area contributed by atoms with Gasteiger partial charge >= 0.3 is 0 Å². The van der Waals surface area contributed by atoms with E-state index in [0.717, 1.165) is 0 Å². The predicted octanol–water partition coefficient (Wildman–Crippen LogP) is 1.28. The smallest absolute Gasteiger partial charge is 0.229 e. The van der Waals surface area contributed by atoms with Gasteiger partial charge in [-0.05, 0) is 30.3 Å². The Morgan fingerprint density at radius 2 is 1.84 bits per heavy atom. The average molecular weight is 460 g/mol. The number of hydrogen-bond acceptors (Lipinski definition) is 9. The van der Waals surface area contributed by atoms with Crippen LogP contribution in [-0.2, 0) is 4.74 Å². The quantitative estimate of drug-likeness (QED) is 0.263. The van der Waals surface area contributed by atoms with Gasteiger partial charge in [0.05, 0.1) is 11.6 Å². The molecule has 0 bridgehead atoms. The molecule has 2 aliphatic heterocycles. The van der Waals surface area contributed by atoms with Crippen molar-refractivity contribution < 1.29 is 34.3 Å². The van der Waals surface area contributed by atoms with Crippen LogP contribution >= 0.6 is 11.6 Å². The number of hydrogen-bond donors (Lipinski definition) is 4. The molecule has 0 amide bonds. The van der Waals surface area contributed by atoms with Gasteiger partial charge in [0.25, 0.3) is 0 Å². The van der Waals surface area contributed by atoms with E-state index in [4.69, 9.17) is 25.5 Å². The zero-order chi connectivity index (χ0) is 22.6. The zero-order valence-corrected chi connectivity index (χ0v) is 17.1. The Hall–Kier alpha value is -2.79. The normalized spacial score (nSPS) is 26.1. The first-order chi connectivity index (χ1) is 15.4. The zero-order valence-electron chi connectivity index (χ0n) is 16.4. The molecule has 2 aromatic carbocycles. The van der Waals surface area contributed by atoms with Gasteiger partial charge in [-0.25, -0.2) is 4.98 Å². The van der Waals surface area contributed by atoms with Crippen LogP contribution in [-0.4, -0.2) is 62.7 Å². The number of fused-ring (bicyclic) bond motifs is 4. The van der Waals surface area contributed by atoms with Crippen molar-refractivity contribution in [3.05, 3.63) is 57.7 Å². The number of nitrogens with zero attached hydrogens (tertiary/aromatic N) is 1. The highest BCUT2D eigenvalue weighted by Gasteiger charge is 2.44. The van der Waals surface area contributed by atoms with Crippen LogP contribution in [0.25, 0.3) is 33.3 Å². The molecule has 1 saturated heterocycles. The molecule has 9 nitrogen and oxygen atoms in total. The third-order valence-electron chi connectivity index (χ3n) is 5.50. The lowest BCUT2D eigenvalue weighted by atomic mass is 9.99. The minimum absolute atomic E-state index is 0.210. The summed E-state index contributed by atoms with van der Waals surface area (Å²) >= 11 is 6.18. The Morgan fingerprint density at radius 1 is 1.03 bits per heavy atom. The summed E-state index contributed by atoms with van der Waals surface area (Å²) in [4.78, 5) is 17.2. The van der Waals surface area contributed by atoms with Gasteiger partial charge in [0.2, 0.25) is 6.29 Å². The fourth-order valence-corrected chi connectivity index (χ4v) is 4.02. The number of aromatic nitrogens is 1.